The summed E-state index contributed by atoms with van der Waals surface area (Å²) in [5.41, 5.74) is -0.249. The summed E-state index contributed by atoms with van der Waals surface area (Å²) in [4.78, 5) is 24.1. The fourth-order valence-electron chi connectivity index (χ4n) is 2.37. The van der Waals surface area contributed by atoms with Crippen molar-refractivity contribution in [2.45, 2.75) is 0 Å². The van der Waals surface area contributed by atoms with Crippen LogP contribution in [0.5, 0.6) is 5.75 Å². The van der Waals surface area contributed by atoms with Crippen molar-refractivity contribution >= 4 is 27.7 Å². The van der Waals surface area contributed by atoms with E-state index >= 15 is 0 Å². The fourth-order valence-corrected chi connectivity index (χ4v) is 2.37. The van der Waals surface area contributed by atoms with Gasteiger partial charge in [-0.3, -0.25) is 0 Å². The number of aromatic hydroxyl groups is 1. The molecule has 3 rings (SSSR count). The molecule has 1 N–H and O–H groups in total. The van der Waals surface area contributed by atoms with E-state index in [1.54, 1.807) is 24.3 Å². The first kappa shape index (κ1) is 15.1. The van der Waals surface area contributed by atoms with Gasteiger partial charge in [-0.2, -0.15) is 0 Å². The molecule has 3 aromatic rings. The molecule has 0 aliphatic rings. The number of phenols is 1. The number of hydrogen-bond acceptors (Lipinski definition) is 6. The van der Waals surface area contributed by atoms with Crippen molar-refractivity contribution in [2.75, 3.05) is 20.3 Å². The molecule has 0 saturated heterocycles. The number of para-hydroxylation sites is 1. The van der Waals surface area contributed by atoms with Gasteiger partial charge in [-0.1, -0.05) is 18.2 Å². The quantitative estimate of drug-likeness (QED) is 0.344. The van der Waals surface area contributed by atoms with E-state index in [0.29, 0.717) is 16.4 Å². The third kappa shape index (κ3) is 2.76. The van der Waals surface area contributed by atoms with E-state index < -0.39 is 11.6 Å². The molecule has 0 saturated carbocycles. The van der Waals surface area contributed by atoms with Gasteiger partial charge in [-0.25, -0.2) is 9.59 Å². The topological polar surface area (TPSA) is 86.0 Å². The first-order valence-electron chi connectivity index (χ1n) is 6.96. The smallest absolute Gasteiger partial charge is 0.344 e. The highest BCUT2D eigenvalue weighted by Crippen LogP contribution is 2.29. The normalized spacial score (nSPS) is 11.0. The molecule has 0 bridgehead atoms. The average Bonchev–Trinajstić information content (AvgIpc) is 2.54. The first-order valence-corrected chi connectivity index (χ1v) is 6.96. The van der Waals surface area contributed by atoms with E-state index in [0.717, 1.165) is 0 Å². The van der Waals surface area contributed by atoms with Crippen LogP contribution < -0.4 is 5.63 Å². The van der Waals surface area contributed by atoms with E-state index in [9.17, 15) is 14.7 Å². The Labute approximate surface area is 130 Å². The first-order chi connectivity index (χ1) is 11.1. The van der Waals surface area contributed by atoms with Crippen LogP contribution in [0.25, 0.3) is 21.7 Å². The van der Waals surface area contributed by atoms with Crippen molar-refractivity contribution in [1.29, 1.82) is 0 Å². The summed E-state index contributed by atoms with van der Waals surface area (Å²) in [6.07, 6.45) is 0. The lowest BCUT2D eigenvalue weighted by molar-refractivity contribution is 0.0385. The minimum absolute atomic E-state index is 0.0547. The zero-order valence-corrected chi connectivity index (χ0v) is 12.4. The number of ether oxygens (including phenoxy) is 2. The molecule has 6 heteroatoms. The van der Waals surface area contributed by atoms with E-state index in [-0.39, 0.29) is 29.9 Å². The van der Waals surface area contributed by atoms with Crippen molar-refractivity contribution in [2.24, 2.45) is 0 Å². The van der Waals surface area contributed by atoms with Gasteiger partial charge < -0.3 is 19.0 Å². The molecule has 0 spiro atoms. The maximum Gasteiger partial charge on any atom is 0.344 e. The molecule has 0 aliphatic heterocycles. The lowest BCUT2D eigenvalue weighted by atomic mass is 10.0. The van der Waals surface area contributed by atoms with E-state index in [1.165, 1.54) is 19.2 Å². The van der Waals surface area contributed by atoms with E-state index in [2.05, 4.69) is 0 Å². The molecule has 0 unspecified atom stereocenters. The second-order valence-corrected chi connectivity index (χ2v) is 4.93. The van der Waals surface area contributed by atoms with Crippen LogP contribution in [0, 0.1) is 0 Å². The number of fused-ring (bicyclic) bond motifs is 3. The third-order valence-electron chi connectivity index (χ3n) is 3.48. The Morgan fingerprint density at radius 1 is 1.13 bits per heavy atom. The van der Waals surface area contributed by atoms with Gasteiger partial charge in [-0.05, 0) is 18.2 Å². The number of hydrogen-bond donors (Lipinski definition) is 1. The molecular weight excluding hydrogens is 300 g/mol. The summed E-state index contributed by atoms with van der Waals surface area (Å²) in [6, 6.07) is 9.65. The van der Waals surface area contributed by atoms with Crippen molar-refractivity contribution < 1.29 is 23.8 Å². The van der Waals surface area contributed by atoms with Gasteiger partial charge >= 0.3 is 11.6 Å². The molecule has 118 valence electrons. The molecule has 0 atom stereocenters. The summed E-state index contributed by atoms with van der Waals surface area (Å²) in [5.74, 6) is -0.982. The van der Waals surface area contributed by atoms with Crippen LogP contribution in [0.1, 0.15) is 10.4 Å². The van der Waals surface area contributed by atoms with Crippen LogP contribution >= 0.6 is 0 Å². The molecule has 0 aliphatic carbocycles. The zero-order chi connectivity index (χ0) is 16.4. The maximum atomic E-state index is 12.1. The third-order valence-corrected chi connectivity index (χ3v) is 3.48. The number of esters is 1. The number of carbonyl (C=O) groups is 1. The Bertz CT molecular complexity index is 941. The Kier molecular flexibility index (Phi) is 3.99. The molecule has 0 fully saturated rings. The highest BCUT2D eigenvalue weighted by Gasteiger charge is 2.17. The van der Waals surface area contributed by atoms with Crippen molar-refractivity contribution in [1.82, 2.24) is 0 Å². The Balaban J connectivity index is 2.15. The number of benzene rings is 2. The van der Waals surface area contributed by atoms with Gasteiger partial charge in [0.15, 0.2) is 0 Å². The molecule has 2 aromatic carbocycles. The molecule has 0 radical (unpaired) electrons. The predicted octanol–water partition coefficient (Wildman–Crippen LogP) is 2.46. The van der Waals surface area contributed by atoms with Crippen LogP contribution in [0.15, 0.2) is 45.6 Å². The second kappa shape index (κ2) is 6.10. The second-order valence-electron chi connectivity index (χ2n) is 4.93. The molecule has 1 heterocycles. The monoisotopic (exact) mass is 314 g/mol. The molecular formula is C17H14O6. The minimum Gasteiger partial charge on any atom is -0.507 e. The van der Waals surface area contributed by atoms with Gasteiger partial charge in [-0.15, -0.1) is 0 Å². The maximum absolute atomic E-state index is 12.1. The number of phenolic OH excluding ortho intramolecular Hbond substituents is 1. The van der Waals surface area contributed by atoms with Crippen LogP contribution in [0.3, 0.4) is 0 Å². The van der Waals surface area contributed by atoms with Gasteiger partial charge in [0.05, 0.1) is 12.0 Å². The highest BCUT2D eigenvalue weighted by atomic mass is 16.6. The molecule has 0 amide bonds. The molecule has 6 nitrogen and oxygen atoms in total. The lowest BCUT2D eigenvalue weighted by Crippen LogP contribution is -2.11. The zero-order valence-electron chi connectivity index (χ0n) is 12.4. The standard InChI is InChI=1S/C17H14O6/c1-21-6-7-22-16(19)13-8-12-11(9-14(13)18)10-4-2-3-5-15(10)23-17(12)20/h2-5,8-9,18H,6-7H2,1H3. The summed E-state index contributed by atoms with van der Waals surface area (Å²) in [5, 5.41) is 11.5. The average molecular weight is 314 g/mol. The molecule has 1 aromatic heterocycles. The van der Waals surface area contributed by atoms with Crippen LogP contribution in [-0.2, 0) is 9.47 Å². The van der Waals surface area contributed by atoms with Crippen molar-refractivity contribution in [3.8, 4) is 5.75 Å². The van der Waals surface area contributed by atoms with Crippen LogP contribution in [0.4, 0.5) is 0 Å². The minimum atomic E-state index is -0.728. The SMILES string of the molecule is COCCOC(=O)c1cc2c(=O)oc3ccccc3c2cc1O. The molecule has 23 heavy (non-hydrogen) atoms. The Morgan fingerprint density at radius 3 is 2.70 bits per heavy atom. The van der Waals surface area contributed by atoms with Gasteiger partial charge in [0.25, 0.3) is 0 Å². The number of methoxy groups -OCH3 is 1. The van der Waals surface area contributed by atoms with E-state index in [1.807, 2.05) is 0 Å². The summed E-state index contributed by atoms with van der Waals surface area (Å²) < 4.78 is 15.0. The summed E-state index contributed by atoms with van der Waals surface area (Å²) >= 11 is 0. The van der Waals surface area contributed by atoms with Gasteiger partial charge in [0, 0.05) is 17.9 Å². The van der Waals surface area contributed by atoms with Crippen molar-refractivity contribution in [3.05, 3.63) is 52.4 Å². The fraction of sp³-hybridized carbons (Fsp3) is 0.176. The predicted molar refractivity (Wildman–Crippen MR) is 83.8 cm³/mol. The van der Waals surface area contributed by atoms with Gasteiger partial charge in [0.1, 0.15) is 23.5 Å². The van der Waals surface area contributed by atoms with Crippen LogP contribution in [-0.4, -0.2) is 31.4 Å². The largest absolute Gasteiger partial charge is 0.507 e. The lowest BCUT2D eigenvalue weighted by Gasteiger charge is -2.08. The highest BCUT2D eigenvalue weighted by molar-refractivity contribution is 6.07. The van der Waals surface area contributed by atoms with Gasteiger partial charge in [0.2, 0.25) is 0 Å². The summed E-state index contributed by atoms with van der Waals surface area (Å²) in [6.45, 7) is 0.298. The Hall–Kier alpha value is -2.86. The summed E-state index contributed by atoms with van der Waals surface area (Å²) in [7, 11) is 1.48. The van der Waals surface area contributed by atoms with Crippen LogP contribution in [0.2, 0.25) is 0 Å². The number of rotatable bonds is 4. The Morgan fingerprint density at radius 2 is 1.91 bits per heavy atom. The van der Waals surface area contributed by atoms with Crippen molar-refractivity contribution in [3.63, 3.8) is 0 Å². The van der Waals surface area contributed by atoms with E-state index in [4.69, 9.17) is 13.9 Å². The number of carbonyl (C=O) groups excluding carboxylic acids is 1.